The molecule has 5 nitrogen and oxygen atoms in total. The van der Waals surface area contributed by atoms with Crippen molar-refractivity contribution in [2.45, 2.75) is 38.1 Å². The minimum absolute atomic E-state index is 0.216. The first kappa shape index (κ1) is 17.4. The van der Waals surface area contributed by atoms with Gasteiger partial charge < -0.3 is 19.9 Å². The number of rotatable bonds is 5. The lowest BCUT2D eigenvalue weighted by Crippen LogP contribution is -2.47. The van der Waals surface area contributed by atoms with E-state index in [4.69, 9.17) is 9.47 Å². The predicted molar refractivity (Wildman–Crippen MR) is 95.0 cm³/mol. The fourth-order valence-electron chi connectivity index (χ4n) is 4.30. The summed E-state index contributed by atoms with van der Waals surface area (Å²) in [5, 5.41) is 14.2. The SMILES string of the molecule is COc1cc(O)c([C@H](C2CCCCC2)N2CCNCC2)c(OC)c1. The number of nitrogens with one attached hydrogen (secondary N) is 1. The van der Waals surface area contributed by atoms with E-state index in [1.807, 2.05) is 6.07 Å². The Morgan fingerprint density at radius 3 is 2.42 bits per heavy atom. The van der Waals surface area contributed by atoms with Crippen LogP contribution in [0.2, 0.25) is 0 Å². The van der Waals surface area contributed by atoms with Gasteiger partial charge in [-0.05, 0) is 18.8 Å². The molecule has 1 aliphatic heterocycles. The minimum atomic E-state index is 0.216. The van der Waals surface area contributed by atoms with Gasteiger partial charge in [0.05, 0.1) is 19.8 Å². The van der Waals surface area contributed by atoms with Crippen molar-refractivity contribution in [3.63, 3.8) is 0 Å². The zero-order chi connectivity index (χ0) is 16.9. The summed E-state index contributed by atoms with van der Waals surface area (Å²) in [7, 11) is 3.29. The van der Waals surface area contributed by atoms with Gasteiger partial charge in [0.2, 0.25) is 0 Å². The Hall–Kier alpha value is -1.46. The van der Waals surface area contributed by atoms with Crippen molar-refractivity contribution >= 4 is 0 Å². The molecule has 1 saturated carbocycles. The number of aromatic hydroxyl groups is 1. The number of hydrogen-bond donors (Lipinski definition) is 2. The Morgan fingerprint density at radius 1 is 1.08 bits per heavy atom. The second kappa shape index (κ2) is 8.08. The van der Waals surface area contributed by atoms with Crippen LogP contribution in [0.15, 0.2) is 12.1 Å². The van der Waals surface area contributed by atoms with E-state index in [0.717, 1.165) is 37.5 Å². The van der Waals surface area contributed by atoms with Gasteiger partial charge in [0, 0.05) is 44.4 Å². The van der Waals surface area contributed by atoms with E-state index in [9.17, 15) is 5.11 Å². The monoisotopic (exact) mass is 334 g/mol. The zero-order valence-corrected chi connectivity index (χ0v) is 14.9. The summed E-state index contributed by atoms with van der Waals surface area (Å²) in [5.41, 5.74) is 0.937. The summed E-state index contributed by atoms with van der Waals surface area (Å²) in [6.45, 7) is 4.02. The molecule has 24 heavy (non-hydrogen) atoms. The molecule has 1 aromatic carbocycles. The van der Waals surface area contributed by atoms with Gasteiger partial charge in [-0.2, -0.15) is 0 Å². The smallest absolute Gasteiger partial charge is 0.131 e. The van der Waals surface area contributed by atoms with Crippen molar-refractivity contribution in [2.24, 2.45) is 5.92 Å². The highest BCUT2D eigenvalue weighted by atomic mass is 16.5. The van der Waals surface area contributed by atoms with E-state index in [1.54, 1.807) is 20.3 Å². The van der Waals surface area contributed by atoms with Crippen LogP contribution in [-0.4, -0.2) is 50.4 Å². The first-order valence-electron chi connectivity index (χ1n) is 9.14. The molecular weight excluding hydrogens is 304 g/mol. The third-order valence-electron chi connectivity index (χ3n) is 5.49. The Balaban J connectivity index is 2.00. The van der Waals surface area contributed by atoms with E-state index in [1.165, 1.54) is 32.1 Å². The molecule has 3 rings (SSSR count). The maximum absolute atomic E-state index is 10.8. The first-order valence-corrected chi connectivity index (χ1v) is 9.14. The lowest BCUT2D eigenvalue weighted by molar-refractivity contribution is 0.0990. The molecule has 0 amide bonds. The molecule has 1 atom stereocenters. The van der Waals surface area contributed by atoms with E-state index >= 15 is 0 Å². The van der Waals surface area contributed by atoms with E-state index in [0.29, 0.717) is 17.4 Å². The standard InChI is InChI=1S/C19H30N2O3/c1-23-15-12-16(22)18(17(13-15)24-2)19(14-6-4-3-5-7-14)21-10-8-20-9-11-21/h12-14,19-20,22H,3-11H2,1-2H3/t19-/m0/s1. The Morgan fingerprint density at radius 2 is 1.79 bits per heavy atom. The van der Waals surface area contributed by atoms with Crippen molar-refractivity contribution in [3.05, 3.63) is 17.7 Å². The second-order valence-corrected chi connectivity index (χ2v) is 6.89. The van der Waals surface area contributed by atoms with Crippen LogP contribution in [0.4, 0.5) is 0 Å². The summed E-state index contributed by atoms with van der Waals surface area (Å²) in [6.07, 6.45) is 6.35. The van der Waals surface area contributed by atoms with Gasteiger partial charge in [-0.1, -0.05) is 19.3 Å². The molecule has 0 aromatic heterocycles. The van der Waals surface area contributed by atoms with Crippen LogP contribution in [0.5, 0.6) is 17.2 Å². The molecule has 0 spiro atoms. The first-order chi connectivity index (χ1) is 11.7. The molecule has 0 unspecified atom stereocenters. The maximum Gasteiger partial charge on any atom is 0.131 e. The van der Waals surface area contributed by atoms with Crippen LogP contribution in [0.3, 0.4) is 0 Å². The highest BCUT2D eigenvalue weighted by Crippen LogP contribution is 2.46. The summed E-state index contributed by atoms with van der Waals surface area (Å²) < 4.78 is 10.9. The molecule has 2 aliphatic rings. The highest BCUT2D eigenvalue weighted by Gasteiger charge is 2.35. The van der Waals surface area contributed by atoms with Gasteiger partial charge in [0.1, 0.15) is 17.2 Å². The third-order valence-corrected chi connectivity index (χ3v) is 5.49. The van der Waals surface area contributed by atoms with Crippen molar-refractivity contribution in [1.29, 1.82) is 0 Å². The van der Waals surface area contributed by atoms with Crippen LogP contribution in [0.25, 0.3) is 0 Å². The predicted octanol–water partition coefficient (Wildman–Crippen LogP) is 2.94. The zero-order valence-electron chi connectivity index (χ0n) is 14.9. The lowest BCUT2D eigenvalue weighted by Gasteiger charge is -2.41. The maximum atomic E-state index is 10.8. The lowest BCUT2D eigenvalue weighted by atomic mass is 9.79. The fraction of sp³-hybridized carbons (Fsp3) is 0.684. The van der Waals surface area contributed by atoms with Crippen LogP contribution in [0, 0.1) is 5.92 Å². The minimum Gasteiger partial charge on any atom is -0.507 e. The van der Waals surface area contributed by atoms with Crippen molar-refractivity contribution in [2.75, 3.05) is 40.4 Å². The second-order valence-electron chi connectivity index (χ2n) is 6.89. The van der Waals surface area contributed by atoms with Gasteiger partial charge in [0.15, 0.2) is 0 Å². The van der Waals surface area contributed by atoms with E-state index < -0.39 is 0 Å². The fourth-order valence-corrected chi connectivity index (χ4v) is 4.30. The van der Waals surface area contributed by atoms with Gasteiger partial charge >= 0.3 is 0 Å². The topological polar surface area (TPSA) is 54.0 Å². The molecule has 1 aliphatic carbocycles. The van der Waals surface area contributed by atoms with Gasteiger partial charge in [-0.15, -0.1) is 0 Å². The number of phenols is 1. The quantitative estimate of drug-likeness (QED) is 0.867. The molecule has 1 saturated heterocycles. The van der Waals surface area contributed by atoms with Crippen molar-refractivity contribution in [1.82, 2.24) is 10.2 Å². The molecule has 5 heteroatoms. The summed E-state index contributed by atoms with van der Waals surface area (Å²) >= 11 is 0. The van der Waals surface area contributed by atoms with Crippen LogP contribution >= 0.6 is 0 Å². The molecule has 0 bridgehead atoms. The third kappa shape index (κ3) is 3.62. The van der Waals surface area contributed by atoms with E-state index in [2.05, 4.69) is 10.2 Å². The van der Waals surface area contributed by atoms with E-state index in [-0.39, 0.29) is 6.04 Å². The Bertz CT molecular complexity index is 520. The van der Waals surface area contributed by atoms with Crippen LogP contribution in [-0.2, 0) is 0 Å². The molecule has 1 heterocycles. The number of piperazine rings is 1. The molecule has 1 aromatic rings. The molecule has 2 N–H and O–H groups in total. The number of benzene rings is 1. The number of ether oxygens (including phenoxy) is 2. The highest BCUT2D eigenvalue weighted by molar-refractivity contribution is 5.52. The number of methoxy groups -OCH3 is 2. The molecule has 2 fully saturated rings. The number of phenolic OH excluding ortho intramolecular Hbond substituents is 1. The Labute approximate surface area is 144 Å². The van der Waals surface area contributed by atoms with Crippen LogP contribution < -0.4 is 14.8 Å². The Kier molecular flexibility index (Phi) is 5.85. The number of hydrogen-bond acceptors (Lipinski definition) is 5. The van der Waals surface area contributed by atoms with Crippen LogP contribution in [0.1, 0.15) is 43.7 Å². The molecule has 134 valence electrons. The summed E-state index contributed by atoms with van der Waals surface area (Å²) in [5.74, 6) is 2.24. The average Bonchev–Trinajstić information content (AvgIpc) is 2.64. The van der Waals surface area contributed by atoms with Crippen molar-refractivity contribution in [3.8, 4) is 17.2 Å². The normalized spacial score (nSPS) is 21.4. The summed E-state index contributed by atoms with van der Waals surface area (Å²) in [4.78, 5) is 2.52. The van der Waals surface area contributed by atoms with Gasteiger partial charge in [-0.3, -0.25) is 4.90 Å². The molecule has 0 radical (unpaired) electrons. The largest absolute Gasteiger partial charge is 0.507 e. The number of nitrogens with zero attached hydrogens (tertiary/aromatic N) is 1. The molecular formula is C19H30N2O3. The summed E-state index contributed by atoms with van der Waals surface area (Å²) in [6, 6.07) is 3.83. The van der Waals surface area contributed by atoms with Gasteiger partial charge in [0.25, 0.3) is 0 Å². The van der Waals surface area contributed by atoms with Gasteiger partial charge in [-0.25, -0.2) is 0 Å². The van der Waals surface area contributed by atoms with Crippen molar-refractivity contribution < 1.29 is 14.6 Å². The average molecular weight is 334 g/mol.